The van der Waals surface area contributed by atoms with E-state index >= 15 is 0 Å². The highest BCUT2D eigenvalue weighted by atomic mass is 79.9. The highest BCUT2D eigenvalue weighted by molar-refractivity contribution is 9.10. The number of rotatable bonds is 4. The van der Waals surface area contributed by atoms with Crippen LogP contribution < -0.4 is 10.5 Å². The molecule has 0 heterocycles. The van der Waals surface area contributed by atoms with E-state index in [1.807, 2.05) is 0 Å². The van der Waals surface area contributed by atoms with E-state index in [1.165, 1.54) is 18.2 Å². The van der Waals surface area contributed by atoms with E-state index in [9.17, 15) is 8.78 Å². The molecule has 0 aromatic heterocycles. The Hall–Kier alpha value is -1.46. The van der Waals surface area contributed by atoms with Crippen LogP contribution in [-0.4, -0.2) is 0 Å². The number of ether oxygens (including phenoxy) is 1. The molecular weight excluding hydrogens is 316 g/mol. The molecule has 0 aliphatic carbocycles. The van der Waals surface area contributed by atoms with Crippen molar-refractivity contribution in [2.75, 3.05) is 0 Å². The van der Waals surface area contributed by atoms with Crippen molar-refractivity contribution in [2.24, 2.45) is 5.73 Å². The van der Waals surface area contributed by atoms with E-state index in [4.69, 9.17) is 10.5 Å². The Kier molecular flexibility index (Phi) is 4.50. The Morgan fingerprint density at radius 3 is 2.63 bits per heavy atom. The van der Waals surface area contributed by atoms with Gasteiger partial charge >= 0.3 is 0 Å². The van der Waals surface area contributed by atoms with Gasteiger partial charge in [-0.05, 0) is 45.8 Å². The summed E-state index contributed by atoms with van der Waals surface area (Å²) in [6.45, 7) is 0.346. The van der Waals surface area contributed by atoms with Gasteiger partial charge in [0.15, 0.2) is 0 Å². The summed E-state index contributed by atoms with van der Waals surface area (Å²) in [5.41, 5.74) is 6.64. The van der Waals surface area contributed by atoms with Crippen LogP contribution in [0.2, 0.25) is 0 Å². The first-order valence-corrected chi connectivity index (χ1v) is 6.44. The first kappa shape index (κ1) is 14.0. The summed E-state index contributed by atoms with van der Waals surface area (Å²) >= 11 is 3.27. The van der Waals surface area contributed by atoms with Gasteiger partial charge in [0.2, 0.25) is 0 Å². The third kappa shape index (κ3) is 3.52. The van der Waals surface area contributed by atoms with E-state index in [2.05, 4.69) is 15.9 Å². The molecule has 0 spiro atoms. The number of nitrogens with two attached hydrogens (primary N) is 1. The molecule has 0 aliphatic rings. The SMILES string of the molecule is NCc1cc(COc2cc(F)ccc2Br)ccc1F. The van der Waals surface area contributed by atoms with Crippen molar-refractivity contribution in [1.82, 2.24) is 0 Å². The molecule has 0 amide bonds. The molecule has 0 atom stereocenters. The summed E-state index contributed by atoms with van der Waals surface area (Å²) in [5.74, 6) is -0.309. The fourth-order valence-electron chi connectivity index (χ4n) is 1.62. The van der Waals surface area contributed by atoms with Crippen LogP contribution in [0.1, 0.15) is 11.1 Å². The van der Waals surface area contributed by atoms with Gasteiger partial charge in [0.25, 0.3) is 0 Å². The van der Waals surface area contributed by atoms with Crippen molar-refractivity contribution in [2.45, 2.75) is 13.2 Å². The van der Waals surface area contributed by atoms with Crippen LogP contribution in [0.4, 0.5) is 8.78 Å². The standard InChI is InChI=1S/C14H12BrF2NO/c15-12-3-2-11(16)6-14(12)19-8-9-1-4-13(17)10(5-9)7-18/h1-6H,7-8,18H2. The van der Waals surface area contributed by atoms with E-state index in [1.54, 1.807) is 18.2 Å². The Morgan fingerprint density at radius 2 is 1.89 bits per heavy atom. The molecule has 0 unspecified atom stereocenters. The van der Waals surface area contributed by atoms with Crippen molar-refractivity contribution in [3.8, 4) is 5.75 Å². The molecular formula is C14H12BrF2NO. The molecule has 2 nitrogen and oxygen atoms in total. The highest BCUT2D eigenvalue weighted by Gasteiger charge is 2.05. The van der Waals surface area contributed by atoms with Gasteiger partial charge in [-0.15, -0.1) is 0 Å². The van der Waals surface area contributed by atoms with E-state index in [-0.39, 0.29) is 24.8 Å². The molecule has 0 saturated heterocycles. The smallest absolute Gasteiger partial charge is 0.136 e. The van der Waals surface area contributed by atoms with Gasteiger partial charge in [-0.25, -0.2) is 8.78 Å². The summed E-state index contributed by atoms with van der Waals surface area (Å²) in [5, 5.41) is 0. The average Bonchev–Trinajstić information content (AvgIpc) is 2.41. The van der Waals surface area contributed by atoms with Crippen molar-refractivity contribution in [3.05, 3.63) is 63.6 Å². The van der Waals surface area contributed by atoms with Crippen LogP contribution in [0.5, 0.6) is 5.75 Å². The third-order valence-corrected chi connectivity index (χ3v) is 3.27. The van der Waals surface area contributed by atoms with Gasteiger partial charge in [0.05, 0.1) is 4.47 Å². The molecule has 100 valence electrons. The third-order valence-electron chi connectivity index (χ3n) is 2.62. The normalized spacial score (nSPS) is 10.5. The number of benzene rings is 2. The summed E-state index contributed by atoms with van der Waals surface area (Å²) in [6, 6.07) is 8.80. The Bertz CT molecular complexity index is 590. The van der Waals surface area contributed by atoms with E-state index < -0.39 is 0 Å². The van der Waals surface area contributed by atoms with Crippen LogP contribution >= 0.6 is 15.9 Å². The van der Waals surface area contributed by atoms with Crippen LogP contribution in [0.3, 0.4) is 0 Å². The minimum absolute atomic E-state index is 0.128. The first-order chi connectivity index (χ1) is 9.10. The molecule has 19 heavy (non-hydrogen) atoms. The fourth-order valence-corrected chi connectivity index (χ4v) is 1.98. The zero-order valence-corrected chi connectivity index (χ0v) is 11.6. The van der Waals surface area contributed by atoms with Crippen LogP contribution in [0.25, 0.3) is 0 Å². The lowest BCUT2D eigenvalue weighted by atomic mass is 10.1. The molecule has 0 fully saturated rings. The quantitative estimate of drug-likeness (QED) is 0.927. The molecule has 2 rings (SSSR count). The fraction of sp³-hybridized carbons (Fsp3) is 0.143. The number of halogens is 3. The topological polar surface area (TPSA) is 35.2 Å². The highest BCUT2D eigenvalue weighted by Crippen LogP contribution is 2.26. The summed E-state index contributed by atoms with van der Waals surface area (Å²) < 4.78 is 32.5. The lowest BCUT2D eigenvalue weighted by molar-refractivity contribution is 0.302. The summed E-state index contributed by atoms with van der Waals surface area (Å²) in [6.07, 6.45) is 0. The van der Waals surface area contributed by atoms with Crippen molar-refractivity contribution in [3.63, 3.8) is 0 Å². The predicted molar refractivity (Wildman–Crippen MR) is 72.7 cm³/mol. The second-order valence-electron chi connectivity index (χ2n) is 3.99. The van der Waals surface area contributed by atoms with E-state index in [0.29, 0.717) is 15.8 Å². The second-order valence-corrected chi connectivity index (χ2v) is 4.85. The van der Waals surface area contributed by atoms with Gasteiger partial charge < -0.3 is 10.5 Å². The second kappa shape index (κ2) is 6.12. The minimum Gasteiger partial charge on any atom is -0.488 e. The Morgan fingerprint density at radius 1 is 1.11 bits per heavy atom. The first-order valence-electron chi connectivity index (χ1n) is 5.65. The maximum absolute atomic E-state index is 13.3. The van der Waals surface area contributed by atoms with Gasteiger partial charge in [0, 0.05) is 18.2 Å². The maximum atomic E-state index is 13.3. The zero-order valence-electron chi connectivity index (χ0n) is 10.00. The van der Waals surface area contributed by atoms with Gasteiger partial charge in [-0.3, -0.25) is 0 Å². The lowest BCUT2D eigenvalue weighted by Gasteiger charge is -2.09. The Balaban J connectivity index is 2.12. The maximum Gasteiger partial charge on any atom is 0.136 e. The molecule has 0 bridgehead atoms. The molecule has 0 aliphatic heterocycles. The van der Waals surface area contributed by atoms with Gasteiger partial charge in [-0.2, -0.15) is 0 Å². The minimum atomic E-state index is -0.375. The van der Waals surface area contributed by atoms with Crippen LogP contribution in [0, 0.1) is 11.6 Å². The van der Waals surface area contributed by atoms with Crippen molar-refractivity contribution < 1.29 is 13.5 Å². The van der Waals surface area contributed by atoms with Crippen LogP contribution in [0.15, 0.2) is 40.9 Å². The molecule has 0 radical (unpaired) electrons. The predicted octanol–water partition coefficient (Wildman–Crippen LogP) is 3.77. The molecule has 5 heteroatoms. The Labute approximate surface area is 118 Å². The van der Waals surface area contributed by atoms with Gasteiger partial charge in [-0.1, -0.05) is 6.07 Å². The molecule has 2 N–H and O–H groups in total. The summed E-state index contributed by atoms with van der Waals surface area (Å²) in [4.78, 5) is 0. The molecule has 0 saturated carbocycles. The molecule has 2 aromatic rings. The molecule has 2 aromatic carbocycles. The monoisotopic (exact) mass is 327 g/mol. The number of hydrogen-bond donors (Lipinski definition) is 1. The van der Waals surface area contributed by atoms with Crippen molar-refractivity contribution >= 4 is 15.9 Å². The van der Waals surface area contributed by atoms with E-state index in [0.717, 1.165) is 5.56 Å². The van der Waals surface area contributed by atoms with Crippen LogP contribution in [-0.2, 0) is 13.2 Å². The summed E-state index contributed by atoms with van der Waals surface area (Å²) in [7, 11) is 0. The average molecular weight is 328 g/mol. The lowest BCUT2D eigenvalue weighted by Crippen LogP contribution is -2.03. The van der Waals surface area contributed by atoms with Crippen molar-refractivity contribution in [1.29, 1.82) is 0 Å². The zero-order chi connectivity index (χ0) is 13.8. The number of hydrogen-bond acceptors (Lipinski definition) is 2. The van der Waals surface area contributed by atoms with Gasteiger partial charge in [0.1, 0.15) is 24.0 Å². The largest absolute Gasteiger partial charge is 0.488 e.